The number of imidazole rings is 1. The van der Waals surface area contributed by atoms with Crippen LogP contribution in [0.25, 0.3) is 33.9 Å². The van der Waals surface area contributed by atoms with Gasteiger partial charge in [-0.15, -0.1) is 0 Å². The van der Waals surface area contributed by atoms with Crippen LogP contribution in [0.3, 0.4) is 0 Å². The first-order valence-electron chi connectivity index (χ1n) is 10.3. The highest BCUT2D eigenvalue weighted by atomic mass is 16.3. The Kier molecular flexibility index (Phi) is 5.07. The number of rotatable bonds is 5. The maximum Gasteiger partial charge on any atom is 0.145 e. The van der Waals surface area contributed by atoms with E-state index in [0.717, 1.165) is 33.9 Å². The van der Waals surface area contributed by atoms with Crippen molar-refractivity contribution in [1.82, 2.24) is 9.55 Å². The number of benzene rings is 4. The van der Waals surface area contributed by atoms with Crippen LogP contribution in [0.1, 0.15) is 5.56 Å². The lowest BCUT2D eigenvalue weighted by Crippen LogP contribution is -2.04. The van der Waals surface area contributed by atoms with Crippen LogP contribution in [-0.4, -0.2) is 14.7 Å². The van der Waals surface area contributed by atoms with Gasteiger partial charge in [-0.3, -0.25) is 0 Å². The molecule has 0 spiro atoms. The molecule has 5 aromatic rings. The lowest BCUT2D eigenvalue weighted by atomic mass is 10.0. The predicted octanol–water partition coefficient (Wildman–Crippen LogP) is 6.64. The van der Waals surface area contributed by atoms with Crippen molar-refractivity contribution in [2.24, 2.45) is 0 Å². The van der Waals surface area contributed by atoms with Gasteiger partial charge in [-0.05, 0) is 17.7 Å². The molecule has 3 heteroatoms. The Morgan fingerprint density at radius 1 is 0.613 bits per heavy atom. The number of phenolic OH excluding ortho intramolecular Hbond substituents is 1. The first-order valence-corrected chi connectivity index (χ1v) is 10.3. The number of aromatic hydroxyl groups is 1. The van der Waals surface area contributed by atoms with Crippen molar-refractivity contribution in [3.63, 3.8) is 0 Å². The van der Waals surface area contributed by atoms with Gasteiger partial charge in [-0.25, -0.2) is 4.98 Å². The summed E-state index contributed by atoms with van der Waals surface area (Å²) in [4.78, 5) is 5.09. The average Bonchev–Trinajstić information content (AvgIpc) is 3.20. The Hall–Kier alpha value is -4.11. The van der Waals surface area contributed by atoms with Crippen LogP contribution in [0.4, 0.5) is 0 Å². The van der Waals surface area contributed by atoms with Crippen molar-refractivity contribution >= 4 is 0 Å². The van der Waals surface area contributed by atoms with Crippen LogP contribution in [-0.2, 0) is 6.54 Å². The molecule has 0 fully saturated rings. The van der Waals surface area contributed by atoms with E-state index in [1.165, 1.54) is 5.56 Å². The fourth-order valence-corrected chi connectivity index (χ4v) is 3.93. The Labute approximate surface area is 181 Å². The van der Waals surface area contributed by atoms with Crippen LogP contribution >= 0.6 is 0 Å². The molecule has 1 aromatic heterocycles. The molecule has 0 aliphatic rings. The van der Waals surface area contributed by atoms with Crippen LogP contribution in [0.15, 0.2) is 115 Å². The van der Waals surface area contributed by atoms with E-state index >= 15 is 0 Å². The number of hydrogen-bond donors (Lipinski definition) is 1. The van der Waals surface area contributed by atoms with Crippen LogP contribution in [0, 0.1) is 0 Å². The molecule has 150 valence electrons. The van der Waals surface area contributed by atoms with Gasteiger partial charge in [-0.1, -0.05) is 103 Å². The van der Waals surface area contributed by atoms with E-state index < -0.39 is 0 Å². The third-order valence-corrected chi connectivity index (χ3v) is 5.39. The summed E-state index contributed by atoms with van der Waals surface area (Å²) in [5, 5.41) is 10.6. The molecule has 5 rings (SSSR count). The van der Waals surface area contributed by atoms with Crippen LogP contribution in [0.5, 0.6) is 5.75 Å². The van der Waals surface area contributed by atoms with Gasteiger partial charge in [0.05, 0.1) is 17.0 Å². The van der Waals surface area contributed by atoms with Gasteiger partial charge in [0, 0.05) is 17.7 Å². The summed E-state index contributed by atoms with van der Waals surface area (Å²) in [6.07, 6.45) is 0. The summed E-state index contributed by atoms with van der Waals surface area (Å²) in [6.45, 7) is 0.647. The first kappa shape index (κ1) is 18.9. The summed E-state index contributed by atoms with van der Waals surface area (Å²) >= 11 is 0. The van der Waals surface area contributed by atoms with Crippen molar-refractivity contribution in [3.8, 4) is 39.7 Å². The molecule has 0 unspecified atom stereocenters. The summed E-state index contributed by atoms with van der Waals surface area (Å²) in [5.74, 6) is 0.973. The summed E-state index contributed by atoms with van der Waals surface area (Å²) < 4.78 is 2.21. The van der Waals surface area contributed by atoms with E-state index in [1.807, 2.05) is 72.8 Å². The highest BCUT2D eigenvalue weighted by Gasteiger charge is 2.22. The van der Waals surface area contributed by atoms with E-state index in [9.17, 15) is 5.11 Å². The molecule has 0 saturated carbocycles. The molecule has 0 saturated heterocycles. The van der Waals surface area contributed by atoms with Crippen LogP contribution in [0.2, 0.25) is 0 Å². The number of phenols is 1. The smallest absolute Gasteiger partial charge is 0.145 e. The Morgan fingerprint density at radius 2 is 1.16 bits per heavy atom. The summed E-state index contributed by atoms with van der Waals surface area (Å²) in [5.41, 5.74) is 5.97. The average molecular weight is 402 g/mol. The highest BCUT2D eigenvalue weighted by molar-refractivity contribution is 5.83. The van der Waals surface area contributed by atoms with E-state index in [1.54, 1.807) is 6.07 Å². The second-order valence-electron chi connectivity index (χ2n) is 7.45. The maximum atomic E-state index is 10.6. The zero-order chi connectivity index (χ0) is 21.0. The minimum absolute atomic E-state index is 0.223. The summed E-state index contributed by atoms with van der Waals surface area (Å²) in [7, 11) is 0. The first-order chi connectivity index (χ1) is 15.3. The third-order valence-electron chi connectivity index (χ3n) is 5.39. The highest BCUT2D eigenvalue weighted by Crippen LogP contribution is 2.38. The summed E-state index contributed by atoms with van der Waals surface area (Å²) in [6, 6.07) is 38.3. The van der Waals surface area contributed by atoms with E-state index in [2.05, 4.69) is 41.0 Å². The molecule has 4 aromatic carbocycles. The monoisotopic (exact) mass is 402 g/mol. The number of hydrogen-bond acceptors (Lipinski definition) is 2. The number of para-hydroxylation sites is 1. The molecule has 0 radical (unpaired) electrons. The van der Waals surface area contributed by atoms with Gasteiger partial charge in [0.1, 0.15) is 11.6 Å². The van der Waals surface area contributed by atoms with Gasteiger partial charge < -0.3 is 9.67 Å². The molecular formula is C28H22N2O. The lowest BCUT2D eigenvalue weighted by Gasteiger charge is -2.14. The molecule has 1 N–H and O–H groups in total. The van der Waals surface area contributed by atoms with E-state index in [-0.39, 0.29) is 5.75 Å². The quantitative estimate of drug-likeness (QED) is 0.358. The SMILES string of the molecule is Oc1ccccc1-c1nc(-c2ccccc2)c(-c2ccccc2)n1Cc1ccccc1. The normalized spacial score (nSPS) is 10.8. The van der Waals surface area contributed by atoms with Gasteiger partial charge in [0.2, 0.25) is 0 Å². The number of aromatic nitrogens is 2. The van der Waals surface area contributed by atoms with Crippen molar-refractivity contribution in [1.29, 1.82) is 0 Å². The molecule has 0 bridgehead atoms. The molecule has 1 heterocycles. The lowest BCUT2D eigenvalue weighted by molar-refractivity contribution is 0.476. The maximum absolute atomic E-state index is 10.6. The minimum Gasteiger partial charge on any atom is -0.507 e. The van der Waals surface area contributed by atoms with Crippen LogP contribution < -0.4 is 0 Å². The van der Waals surface area contributed by atoms with Gasteiger partial charge >= 0.3 is 0 Å². The third kappa shape index (κ3) is 3.74. The number of nitrogens with zero attached hydrogens (tertiary/aromatic N) is 2. The van der Waals surface area contributed by atoms with Gasteiger partial charge in [0.25, 0.3) is 0 Å². The molecule has 0 aliphatic carbocycles. The standard InChI is InChI=1S/C28H22N2O/c31-25-19-11-10-18-24(25)28-29-26(22-14-6-2-7-15-22)27(23-16-8-3-9-17-23)30(28)20-21-12-4-1-5-13-21/h1-19,31H,20H2. The molecule has 0 atom stereocenters. The van der Waals surface area contributed by atoms with E-state index in [0.29, 0.717) is 6.54 Å². The van der Waals surface area contributed by atoms with Gasteiger partial charge in [0.15, 0.2) is 0 Å². The largest absolute Gasteiger partial charge is 0.507 e. The molecule has 0 aliphatic heterocycles. The topological polar surface area (TPSA) is 38.1 Å². The minimum atomic E-state index is 0.223. The molecular weight excluding hydrogens is 380 g/mol. The Morgan fingerprint density at radius 3 is 1.81 bits per heavy atom. The zero-order valence-electron chi connectivity index (χ0n) is 17.0. The van der Waals surface area contributed by atoms with Crippen molar-refractivity contribution in [3.05, 3.63) is 121 Å². The second kappa shape index (κ2) is 8.33. The fraction of sp³-hybridized carbons (Fsp3) is 0.0357. The second-order valence-corrected chi connectivity index (χ2v) is 7.45. The predicted molar refractivity (Wildman–Crippen MR) is 126 cm³/mol. The van der Waals surface area contributed by atoms with Crippen molar-refractivity contribution in [2.45, 2.75) is 6.54 Å². The van der Waals surface area contributed by atoms with Crippen molar-refractivity contribution < 1.29 is 5.11 Å². The fourth-order valence-electron chi connectivity index (χ4n) is 3.93. The van der Waals surface area contributed by atoms with E-state index in [4.69, 9.17) is 4.98 Å². The van der Waals surface area contributed by atoms with Gasteiger partial charge in [-0.2, -0.15) is 0 Å². The van der Waals surface area contributed by atoms with Crippen molar-refractivity contribution in [2.75, 3.05) is 0 Å². The Bertz CT molecular complexity index is 1290. The zero-order valence-corrected chi connectivity index (χ0v) is 17.0. The molecule has 0 amide bonds. The molecule has 3 nitrogen and oxygen atoms in total. The molecule has 31 heavy (non-hydrogen) atoms. The Balaban J connectivity index is 1.82.